The number of hydrogen-bond donors (Lipinski definition) is 0. The zero-order chi connectivity index (χ0) is 22.4. The summed E-state index contributed by atoms with van der Waals surface area (Å²) in [5, 5.41) is 4.84. The number of nitrogens with zero attached hydrogens (tertiary/aromatic N) is 3. The van der Waals surface area contributed by atoms with Crippen molar-refractivity contribution in [2.45, 2.75) is 20.3 Å². The summed E-state index contributed by atoms with van der Waals surface area (Å²) in [4.78, 5) is 29.0. The van der Waals surface area contributed by atoms with Crippen molar-refractivity contribution < 1.29 is 19.0 Å². The van der Waals surface area contributed by atoms with E-state index in [1.807, 2.05) is 13.0 Å². The molecule has 0 bridgehead atoms. The van der Waals surface area contributed by atoms with Crippen molar-refractivity contribution in [2.24, 2.45) is 5.10 Å². The van der Waals surface area contributed by atoms with Crippen molar-refractivity contribution in [1.29, 1.82) is 0 Å². The summed E-state index contributed by atoms with van der Waals surface area (Å²) in [6.45, 7) is 3.71. The average molecular weight is 488 g/mol. The highest BCUT2D eigenvalue weighted by atomic mass is 79.9. The molecule has 3 rings (SSSR count). The Morgan fingerprint density at radius 1 is 1.19 bits per heavy atom. The normalized spacial score (nSPS) is 11.1. The van der Waals surface area contributed by atoms with Gasteiger partial charge in [-0.25, -0.2) is 9.78 Å². The predicted octanol–water partition coefficient (Wildman–Crippen LogP) is 3.55. The fourth-order valence-corrected chi connectivity index (χ4v) is 3.25. The smallest absolute Gasteiger partial charge is 0.344 e. The number of benzene rings is 2. The van der Waals surface area contributed by atoms with Crippen LogP contribution in [0.15, 0.2) is 50.8 Å². The van der Waals surface area contributed by atoms with E-state index < -0.39 is 5.97 Å². The van der Waals surface area contributed by atoms with Gasteiger partial charge in [0.25, 0.3) is 5.56 Å². The Kier molecular flexibility index (Phi) is 7.41. The van der Waals surface area contributed by atoms with E-state index in [9.17, 15) is 9.59 Å². The second-order valence-electron chi connectivity index (χ2n) is 6.41. The van der Waals surface area contributed by atoms with E-state index in [1.54, 1.807) is 43.5 Å². The number of carbonyl (C=O) groups is 1. The van der Waals surface area contributed by atoms with Gasteiger partial charge in [-0.15, -0.1) is 0 Å². The summed E-state index contributed by atoms with van der Waals surface area (Å²) in [5.74, 6) is 0.919. The quantitative estimate of drug-likeness (QED) is 0.356. The molecule has 0 saturated carbocycles. The lowest BCUT2D eigenvalue weighted by Gasteiger charge is -2.11. The predicted molar refractivity (Wildman–Crippen MR) is 121 cm³/mol. The number of fused-ring (bicyclic) bond motifs is 1. The first kappa shape index (κ1) is 22.5. The van der Waals surface area contributed by atoms with Gasteiger partial charge in [0.05, 0.1) is 30.8 Å². The van der Waals surface area contributed by atoms with Crippen LogP contribution in [0.3, 0.4) is 0 Å². The molecule has 162 valence electrons. The molecule has 8 nitrogen and oxygen atoms in total. The van der Waals surface area contributed by atoms with E-state index in [4.69, 9.17) is 14.2 Å². The molecule has 3 aromatic rings. The standard InChI is InChI=1S/C22H22BrN3O5/c1-4-20-25-17-8-7-15(23)11-16(17)22(28)26(20)24-12-14-6-9-18(19(10-14)29-3)31-13-21(27)30-5-2/h6-12H,4-5,13H2,1-3H3. The van der Waals surface area contributed by atoms with Crippen LogP contribution in [0.4, 0.5) is 0 Å². The highest BCUT2D eigenvalue weighted by molar-refractivity contribution is 9.10. The number of carbonyl (C=O) groups excluding carboxylic acids is 1. The van der Waals surface area contributed by atoms with Gasteiger partial charge in [-0.3, -0.25) is 4.79 Å². The fourth-order valence-electron chi connectivity index (χ4n) is 2.89. The number of hydrogen-bond acceptors (Lipinski definition) is 7. The Labute approximate surface area is 187 Å². The van der Waals surface area contributed by atoms with Crippen molar-refractivity contribution in [3.8, 4) is 11.5 Å². The molecule has 0 aliphatic heterocycles. The van der Waals surface area contributed by atoms with E-state index in [2.05, 4.69) is 26.0 Å². The van der Waals surface area contributed by atoms with Gasteiger partial charge in [-0.05, 0) is 48.9 Å². The summed E-state index contributed by atoms with van der Waals surface area (Å²) in [6.07, 6.45) is 2.09. The number of esters is 1. The maximum Gasteiger partial charge on any atom is 0.344 e. The maximum absolute atomic E-state index is 13.0. The van der Waals surface area contributed by atoms with Crippen LogP contribution >= 0.6 is 15.9 Å². The molecule has 0 fully saturated rings. The molecule has 0 spiro atoms. The maximum atomic E-state index is 13.0. The summed E-state index contributed by atoms with van der Waals surface area (Å²) >= 11 is 3.39. The molecule has 0 aliphatic carbocycles. The Balaban J connectivity index is 1.91. The lowest BCUT2D eigenvalue weighted by molar-refractivity contribution is -0.145. The van der Waals surface area contributed by atoms with Gasteiger partial charge >= 0.3 is 5.97 Å². The highest BCUT2D eigenvalue weighted by Gasteiger charge is 2.11. The van der Waals surface area contributed by atoms with Crippen LogP contribution in [0.5, 0.6) is 11.5 Å². The largest absolute Gasteiger partial charge is 0.493 e. The number of halogens is 1. The summed E-state index contributed by atoms with van der Waals surface area (Å²) in [6, 6.07) is 10.5. The third-order valence-corrected chi connectivity index (χ3v) is 4.85. The van der Waals surface area contributed by atoms with Crippen LogP contribution < -0.4 is 15.0 Å². The summed E-state index contributed by atoms with van der Waals surface area (Å²) in [7, 11) is 1.50. The molecule has 2 aromatic carbocycles. The molecule has 0 N–H and O–H groups in total. The molecule has 9 heteroatoms. The number of methoxy groups -OCH3 is 1. The van der Waals surface area contributed by atoms with Crippen LogP contribution in [0, 0.1) is 0 Å². The van der Waals surface area contributed by atoms with Crippen molar-refractivity contribution in [3.63, 3.8) is 0 Å². The molecule has 0 aliphatic rings. The topological polar surface area (TPSA) is 92.0 Å². The number of aromatic nitrogens is 2. The molecular weight excluding hydrogens is 466 g/mol. The fraction of sp³-hybridized carbons (Fsp3) is 0.273. The van der Waals surface area contributed by atoms with E-state index in [0.29, 0.717) is 40.2 Å². The SMILES string of the molecule is CCOC(=O)COc1ccc(C=Nn2c(CC)nc3ccc(Br)cc3c2=O)cc1OC. The van der Waals surface area contributed by atoms with E-state index >= 15 is 0 Å². The lowest BCUT2D eigenvalue weighted by Crippen LogP contribution is -2.22. The Bertz CT molecular complexity index is 1190. The molecule has 0 atom stereocenters. The molecule has 0 radical (unpaired) electrons. The zero-order valence-corrected chi connectivity index (χ0v) is 19.0. The molecule has 0 amide bonds. The van der Waals surface area contributed by atoms with Crippen molar-refractivity contribution in [1.82, 2.24) is 9.66 Å². The van der Waals surface area contributed by atoms with Crippen molar-refractivity contribution in [2.75, 3.05) is 20.3 Å². The monoisotopic (exact) mass is 487 g/mol. The zero-order valence-electron chi connectivity index (χ0n) is 17.4. The van der Waals surface area contributed by atoms with E-state index in [0.717, 1.165) is 4.47 Å². The second-order valence-corrected chi connectivity index (χ2v) is 7.32. The van der Waals surface area contributed by atoms with Gasteiger partial charge in [0.2, 0.25) is 0 Å². The van der Waals surface area contributed by atoms with E-state index in [-0.39, 0.29) is 18.8 Å². The first-order chi connectivity index (χ1) is 15.0. The van der Waals surface area contributed by atoms with Gasteiger partial charge in [0, 0.05) is 10.9 Å². The third-order valence-electron chi connectivity index (χ3n) is 4.35. The van der Waals surface area contributed by atoms with Crippen molar-refractivity contribution >= 4 is 39.0 Å². The minimum absolute atomic E-state index is 0.217. The van der Waals surface area contributed by atoms with Crippen LogP contribution in [0.1, 0.15) is 25.2 Å². The first-order valence-corrected chi connectivity index (χ1v) is 10.5. The van der Waals surface area contributed by atoms with Crippen LogP contribution in [0.25, 0.3) is 10.9 Å². The third kappa shape index (κ3) is 5.29. The lowest BCUT2D eigenvalue weighted by atomic mass is 10.2. The van der Waals surface area contributed by atoms with E-state index in [1.165, 1.54) is 11.8 Å². The Morgan fingerprint density at radius 3 is 2.71 bits per heavy atom. The average Bonchev–Trinajstić information content (AvgIpc) is 2.77. The minimum Gasteiger partial charge on any atom is -0.493 e. The summed E-state index contributed by atoms with van der Waals surface area (Å²) < 4.78 is 17.7. The van der Waals surface area contributed by atoms with Gasteiger partial charge in [-0.1, -0.05) is 22.9 Å². The van der Waals surface area contributed by atoms with Crippen molar-refractivity contribution in [3.05, 3.63) is 62.6 Å². The number of ether oxygens (including phenoxy) is 3. The summed E-state index contributed by atoms with van der Waals surface area (Å²) in [5.41, 5.74) is 1.06. The molecule has 0 saturated heterocycles. The molecule has 0 unspecified atom stereocenters. The van der Waals surface area contributed by atoms with Crippen LogP contribution in [0.2, 0.25) is 0 Å². The molecule has 1 heterocycles. The van der Waals surface area contributed by atoms with Crippen LogP contribution in [-0.2, 0) is 16.0 Å². The molecular formula is C22H22BrN3O5. The second kappa shape index (κ2) is 10.2. The highest BCUT2D eigenvalue weighted by Crippen LogP contribution is 2.27. The molecule has 1 aromatic heterocycles. The number of rotatable bonds is 8. The van der Waals surface area contributed by atoms with Gasteiger partial charge in [-0.2, -0.15) is 9.78 Å². The Morgan fingerprint density at radius 2 is 2.00 bits per heavy atom. The van der Waals surface area contributed by atoms with Gasteiger partial charge in [0.15, 0.2) is 18.1 Å². The molecule has 31 heavy (non-hydrogen) atoms. The minimum atomic E-state index is -0.461. The van der Waals surface area contributed by atoms with Gasteiger partial charge < -0.3 is 14.2 Å². The first-order valence-electron chi connectivity index (χ1n) is 9.68. The van der Waals surface area contributed by atoms with Crippen LogP contribution in [-0.4, -0.2) is 42.2 Å². The Hall–Kier alpha value is -3.20. The number of aryl methyl sites for hydroxylation is 1. The van der Waals surface area contributed by atoms with Gasteiger partial charge in [0.1, 0.15) is 5.82 Å².